The van der Waals surface area contributed by atoms with Gasteiger partial charge in [0, 0.05) is 23.6 Å². The first-order valence-corrected chi connectivity index (χ1v) is 8.04. The predicted octanol–water partition coefficient (Wildman–Crippen LogP) is 5.20. The molecule has 3 aromatic carbocycles. The normalized spacial score (nSPS) is 13.2. The Balaban J connectivity index is 1.86. The van der Waals surface area contributed by atoms with Crippen LogP contribution in [-0.4, -0.2) is 7.11 Å². The lowest BCUT2D eigenvalue weighted by Crippen LogP contribution is -2.09. The maximum Gasteiger partial charge on any atom is 0.138 e. The minimum Gasteiger partial charge on any atom is -0.497 e. The van der Waals surface area contributed by atoms with Crippen LogP contribution in [0.15, 0.2) is 78.9 Å². The van der Waals surface area contributed by atoms with Crippen molar-refractivity contribution in [3.05, 3.63) is 95.6 Å². The van der Waals surface area contributed by atoms with Gasteiger partial charge in [-0.1, -0.05) is 66.7 Å². The summed E-state index contributed by atoms with van der Waals surface area (Å²) in [5.74, 6) is 2.60. The molecule has 0 amide bonds. The number of ether oxygens (including phenoxy) is 2. The summed E-state index contributed by atoms with van der Waals surface area (Å²) in [5.41, 5.74) is 4.66. The fourth-order valence-electron chi connectivity index (χ4n) is 3.04. The fourth-order valence-corrected chi connectivity index (χ4v) is 3.04. The van der Waals surface area contributed by atoms with Gasteiger partial charge in [0.2, 0.25) is 0 Å². The van der Waals surface area contributed by atoms with Crippen molar-refractivity contribution in [2.75, 3.05) is 7.11 Å². The summed E-state index contributed by atoms with van der Waals surface area (Å²) >= 11 is 0. The van der Waals surface area contributed by atoms with Crippen LogP contribution in [-0.2, 0) is 6.42 Å². The van der Waals surface area contributed by atoms with E-state index in [1.807, 2.05) is 36.4 Å². The van der Waals surface area contributed by atoms with Crippen LogP contribution < -0.4 is 9.47 Å². The minimum absolute atomic E-state index is 0.810. The van der Waals surface area contributed by atoms with E-state index in [1.54, 1.807) is 7.11 Å². The molecule has 2 heteroatoms. The zero-order chi connectivity index (χ0) is 16.4. The Hall–Kier alpha value is -3.00. The molecule has 0 radical (unpaired) electrons. The van der Waals surface area contributed by atoms with Gasteiger partial charge in [-0.15, -0.1) is 0 Å². The number of fused-ring (bicyclic) bond motifs is 1. The highest BCUT2D eigenvalue weighted by molar-refractivity contribution is 5.91. The van der Waals surface area contributed by atoms with Crippen molar-refractivity contribution < 1.29 is 9.47 Å². The van der Waals surface area contributed by atoms with Gasteiger partial charge in [0.1, 0.15) is 17.3 Å². The number of benzene rings is 3. The van der Waals surface area contributed by atoms with Gasteiger partial charge in [-0.2, -0.15) is 0 Å². The number of allylic oxidation sites excluding steroid dienone is 1. The molecule has 0 aliphatic carbocycles. The maximum absolute atomic E-state index is 6.33. The molecule has 1 aliphatic heterocycles. The van der Waals surface area contributed by atoms with E-state index in [2.05, 4.69) is 42.5 Å². The van der Waals surface area contributed by atoms with Crippen molar-refractivity contribution in [3.63, 3.8) is 0 Å². The smallest absolute Gasteiger partial charge is 0.138 e. The van der Waals surface area contributed by atoms with Crippen molar-refractivity contribution in [1.82, 2.24) is 0 Å². The number of methoxy groups -OCH3 is 1. The van der Waals surface area contributed by atoms with Gasteiger partial charge in [-0.05, 0) is 17.2 Å². The Morgan fingerprint density at radius 1 is 0.792 bits per heavy atom. The van der Waals surface area contributed by atoms with Gasteiger partial charge in [0.15, 0.2) is 0 Å². The highest BCUT2D eigenvalue weighted by Crippen LogP contribution is 2.40. The first-order chi connectivity index (χ1) is 11.8. The number of rotatable bonds is 3. The average Bonchev–Trinajstić information content (AvgIpc) is 2.68. The molecule has 0 atom stereocenters. The second kappa shape index (κ2) is 6.25. The summed E-state index contributed by atoms with van der Waals surface area (Å²) in [5, 5.41) is 0. The lowest BCUT2D eigenvalue weighted by atomic mass is 9.92. The summed E-state index contributed by atoms with van der Waals surface area (Å²) in [7, 11) is 1.67. The molecule has 24 heavy (non-hydrogen) atoms. The van der Waals surface area contributed by atoms with Crippen LogP contribution in [0.5, 0.6) is 11.5 Å². The minimum atomic E-state index is 0.810. The average molecular weight is 314 g/mol. The molecule has 0 unspecified atom stereocenters. The highest BCUT2D eigenvalue weighted by atomic mass is 16.5. The molecule has 0 aromatic heterocycles. The molecule has 0 N–H and O–H groups in total. The zero-order valence-electron chi connectivity index (χ0n) is 13.5. The first-order valence-electron chi connectivity index (χ1n) is 8.04. The molecule has 1 heterocycles. The van der Waals surface area contributed by atoms with Gasteiger partial charge < -0.3 is 9.47 Å². The SMILES string of the molecule is COc1ccc2c(c1)OC(c1ccccc1)=C(c1ccccc1)C2. The molecule has 0 spiro atoms. The quantitative estimate of drug-likeness (QED) is 0.661. The Bertz CT molecular complexity index is 880. The Morgan fingerprint density at radius 3 is 2.12 bits per heavy atom. The molecule has 0 fully saturated rings. The van der Waals surface area contributed by atoms with Crippen molar-refractivity contribution >= 4 is 11.3 Å². The fraction of sp³-hybridized carbons (Fsp3) is 0.0909. The second-order valence-electron chi connectivity index (χ2n) is 5.79. The van der Waals surface area contributed by atoms with Crippen molar-refractivity contribution in [1.29, 1.82) is 0 Å². The van der Waals surface area contributed by atoms with E-state index in [0.29, 0.717) is 0 Å². The van der Waals surface area contributed by atoms with Crippen LogP contribution in [0.3, 0.4) is 0 Å². The largest absolute Gasteiger partial charge is 0.497 e. The van der Waals surface area contributed by atoms with Crippen LogP contribution in [0.4, 0.5) is 0 Å². The lowest BCUT2D eigenvalue weighted by molar-refractivity contribution is 0.409. The number of hydrogen-bond donors (Lipinski definition) is 0. The Kier molecular flexibility index (Phi) is 3.80. The molecule has 3 aromatic rings. The molecule has 1 aliphatic rings. The van der Waals surface area contributed by atoms with E-state index in [9.17, 15) is 0 Å². The third-order valence-electron chi connectivity index (χ3n) is 4.29. The summed E-state index contributed by atoms with van der Waals surface area (Å²) in [6, 6.07) is 26.7. The third-order valence-corrected chi connectivity index (χ3v) is 4.29. The maximum atomic E-state index is 6.33. The van der Waals surface area contributed by atoms with Gasteiger partial charge in [-0.25, -0.2) is 0 Å². The highest BCUT2D eigenvalue weighted by Gasteiger charge is 2.22. The van der Waals surface area contributed by atoms with Crippen LogP contribution in [0, 0.1) is 0 Å². The Morgan fingerprint density at radius 2 is 1.46 bits per heavy atom. The van der Waals surface area contributed by atoms with Crippen molar-refractivity contribution in [2.24, 2.45) is 0 Å². The monoisotopic (exact) mass is 314 g/mol. The molecule has 0 bridgehead atoms. The van der Waals surface area contributed by atoms with Crippen LogP contribution in [0.2, 0.25) is 0 Å². The summed E-state index contributed by atoms with van der Waals surface area (Å²) in [6.07, 6.45) is 0.841. The molecule has 2 nitrogen and oxygen atoms in total. The summed E-state index contributed by atoms with van der Waals surface area (Å²) in [4.78, 5) is 0. The second-order valence-corrected chi connectivity index (χ2v) is 5.79. The van der Waals surface area contributed by atoms with Gasteiger partial charge in [-0.3, -0.25) is 0 Å². The summed E-state index contributed by atoms with van der Waals surface area (Å²) in [6.45, 7) is 0. The van der Waals surface area contributed by atoms with Crippen molar-refractivity contribution in [2.45, 2.75) is 6.42 Å². The first kappa shape index (κ1) is 14.6. The van der Waals surface area contributed by atoms with Gasteiger partial charge in [0.25, 0.3) is 0 Å². The zero-order valence-corrected chi connectivity index (χ0v) is 13.5. The van der Waals surface area contributed by atoms with E-state index in [4.69, 9.17) is 9.47 Å². The van der Waals surface area contributed by atoms with Crippen molar-refractivity contribution in [3.8, 4) is 11.5 Å². The van der Waals surface area contributed by atoms with E-state index >= 15 is 0 Å². The van der Waals surface area contributed by atoms with Crippen LogP contribution in [0.25, 0.3) is 11.3 Å². The molecule has 4 rings (SSSR count). The van der Waals surface area contributed by atoms with E-state index in [-0.39, 0.29) is 0 Å². The van der Waals surface area contributed by atoms with E-state index in [1.165, 1.54) is 16.7 Å². The Labute approximate surface area is 142 Å². The van der Waals surface area contributed by atoms with Gasteiger partial charge >= 0.3 is 0 Å². The van der Waals surface area contributed by atoms with Crippen LogP contribution >= 0.6 is 0 Å². The molecular weight excluding hydrogens is 296 g/mol. The molecule has 118 valence electrons. The van der Waals surface area contributed by atoms with E-state index < -0.39 is 0 Å². The van der Waals surface area contributed by atoms with Crippen LogP contribution in [0.1, 0.15) is 16.7 Å². The third kappa shape index (κ3) is 2.67. The molecule has 0 saturated heterocycles. The molecular formula is C22H18O2. The topological polar surface area (TPSA) is 18.5 Å². The van der Waals surface area contributed by atoms with Gasteiger partial charge in [0.05, 0.1) is 7.11 Å². The molecule has 0 saturated carbocycles. The predicted molar refractivity (Wildman–Crippen MR) is 97.0 cm³/mol. The van der Waals surface area contributed by atoms with E-state index in [0.717, 1.165) is 29.2 Å². The number of hydrogen-bond acceptors (Lipinski definition) is 2. The summed E-state index contributed by atoms with van der Waals surface area (Å²) < 4.78 is 11.7. The standard InChI is InChI=1S/C22H18O2/c1-23-19-13-12-18-14-20(16-8-4-2-5-9-16)22(24-21(18)15-19)17-10-6-3-7-11-17/h2-13,15H,14H2,1H3. The lowest BCUT2D eigenvalue weighted by Gasteiger charge is -2.24.